The van der Waals surface area contributed by atoms with Gasteiger partial charge in [-0.05, 0) is 55.8 Å². The molecule has 0 heterocycles. The molecular formula is C18H18FNO6S. The number of halogens is 1. The molecule has 1 N–H and O–H groups in total. The van der Waals surface area contributed by atoms with E-state index < -0.39 is 33.9 Å². The second kappa shape index (κ2) is 8.17. The van der Waals surface area contributed by atoms with Crippen LogP contribution in [0.25, 0.3) is 0 Å². The topological polar surface area (TPSA) is 98.8 Å². The van der Waals surface area contributed by atoms with E-state index in [1.54, 1.807) is 6.92 Å². The minimum absolute atomic E-state index is 0.00673. The summed E-state index contributed by atoms with van der Waals surface area (Å²) in [6.07, 6.45) is -1.14. The van der Waals surface area contributed by atoms with Gasteiger partial charge in [0.2, 0.25) is 0 Å². The molecule has 27 heavy (non-hydrogen) atoms. The van der Waals surface area contributed by atoms with Crippen molar-refractivity contribution in [1.82, 2.24) is 0 Å². The molecular weight excluding hydrogens is 377 g/mol. The summed E-state index contributed by atoms with van der Waals surface area (Å²) in [5.74, 6) is -2.09. The highest BCUT2D eigenvalue weighted by atomic mass is 32.2. The normalized spacial score (nSPS) is 12.1. The Labute approximate surface area is 156 Å². The van der Waals surface area contributed by atoms with Gasteiger partial charge in [0, 0.05) is 5.69 Å². The molecule has 0 saturated heterocycles. The molecule has 0 aliphatic carbocycles. The third kappa shape index (κ3) is 5.04. The number of carbonyl (C=O) groups excluding carboxylic acids is 2. The monoisotopic (exact) mass is 395 g/mol. The average Bonchev–Trinajstić information content (AvgIpc) is 2.62. The number of methoxy groups -OCH3 is 1. The van der Waals surface area contributed by atoms with Gasteiger partial charge in [-0.3, -0.25) is 4.72 Å². The molecule has 1 atom stereocenters. The van der Waals surface area contributed by atoms with Gasteiger partial charge in [-0.1, -0.05) is 6.07 Å². The van der Waals surface area contributed by atoms with Gasteiger partial charge in [0.05, 0.1) is 17.6 Å². The van der Waals surface area contributed by atoms with Gasteiger partial charge in [0.25, 0.3) is 10.0 Å². The number of rotatable bonds is 6. The number of esters is 2. The van der Waals surface area contributed by atoms with Gasteiger partial charge in [0.1, 0.15) is 5.82 Å². The van der Waals surface area contributed by atoms with Crippen molar-refractivity contribution in [2.75, 3.05) is 11.8 Å². The van der Waals surface area contributed by atoms with Crippen molar-refractivity contribution in [2.45, 2.75) is 24.8 Å². The van der Waals surface area contributed by atoms with E-state index in [9.17, 15) is 22.4 Å². The first kappa shape index (κ1) is 20.4. The van der Waals surface area contributed by atoms with Gasteiger partial charge in [-0.15, -0.1) is 0 Å². The van der Waals surface area contributed by atoms with Gasteiger partial charge in [0.15, 0.2) is 6.10 Å². The molecule has 7 nitrogen and oxygen atoms in total. The molecule has 0 unspecified atom stereocenters. The van der Waals surface area contributed by atoms with Crippen LogP contribution in [0.2, 0.25) is 0 Å². The third-order valence-corrected chi connectivity index (χ3v) is 5.03. The predicted molar refractivity (Wildman–Crippen MR) is 95.3 cm³/mol. The van der Waals surface area contributed by atoms with E-state index in [1.165, 1.54) is 31.2 Å². The van der Waals surface area contributed by atoms with E-state index in [4.69, 9.17) is 4.74 Å². The first-order valence-electron chi connectivity index (χ1n) is 7.82. The maximum absolute atomic E-state index is 13.0. The van der Waals surface area contributed by atoms with E-state index in [0.717, 1.165) is 25.3 Å². The Morgan fingerprint density at radius 2 is 1.74 bits per heavy atom. The molecule has 2 aromatic rings. The van der Waals surface area contributed by atoms with Crippen molar-refractivity contribution >= 4 is 27.6 Å². The molecule has 0 aliphatic rings. The fourth-order valence-corrected chi connectivity index (χ4v) is 3.24. The van der Waals surface area contributed by atoms with Gasteiger partial charge in [-0.2, -0.15) is 0 Å². The maximum atomic E-state index is 13.0. The first-order chi connectivity index (χ1) is 12.6. The van der Waals surface area contributed by atoms with Gasteiger partial charge < -0.3 is 9.47 Å². The highest BCUT2D eigenvalue weighted by Crippen LogP contribution is 2.20. The van der Waals surface area contributed by atoms with Crippen molar-refractivity contribution in [3.63, 3.8) is 0 Å². The number of hydrogen-bond acceptors (Lipinski definition) is 6. The fourth-order valence-electron chi connectivity index (χ4n) is 2.16. The van der Waals surface area contributed by atoms with Crippen molar-refractivity contribution < 1.29 is 31.9 Å². The molecule has 0 bridgehead atoms. The van der Waals surface area contributed by atoms with Gasteiger partial charge in [-0.25, -0.2) is 22.4 Å². The minimum Gasteiger partial charge on any atom is -0.466 e. The van der Waals surface area contributed by atoms with Crippen LogP contribution < -0.4 is 4.72 Å². The van der Waals surface area contributed by atoms with E-state index in [2.05, 4.69) is 9.46 Å². The van der Waals surface area contributed by atoms with Crippen LogP contribution in [0.3, 0.4) is 0 Å². The Hall–Kier alpha value is -2.94. The molecule has 0 aliphatic heterocycles. The molecule has 0 fully saturated rings. The number of hydrogen-bond donors (Lipinski definition) is 1. The highest BCUT2D eigenvalue weighted by Gasteiger charge is 2.23. The van der Waals surface area contributed by atoms with E-state index in [-0.39, 0.29) is 16.1 Å². The number of carbonyl (C=O) groups is 2. The molecule has 144 valence electrons. The second-order valence-corrected chi connectivity index (χ2v) is 7.34. The van der Waals surface area contributed by atoms with Crippen molar-refractivity contribution in [2.24, 2.45) is 0 Å². The van der Waals surface area contributed by atoms with E-state index in [0.29, 0.717) is 5.56 Å². The average molecular weight is 395 g/mol. The van der Waals surface area contributed by atoms with Crippen LogP contribution in [0.1, 0.15) is 22.8 Å². The summed E-state index contributed by atoms with van der Waals surface area (Å²) in [6.45, 7) is 2.94. The summed E-state index contributed by atoms with van der Waals surface area (Å²) in [5, 5.41) is 0. The largest absolute Gasteiger partial charge is 0.466 e. The van der Waals surface area contributed by atoms with E-state index >= 15 is 0 Å². The summed E-state index contributed by atoms with van der Waals surface area (Å²) in [6, 6.07) is 8.68. The van der Waals surface area contributed by atoms with Crippen LogP contribution in [0.15, 0.2) is 47.4 Å². The predicted octanol–water partition coefficient (Wildman–Crippen LogP) is 2.65. The zero-order valence-electron chi connectivity index (χ0n) is 14.9. The Balaban J connectivity index is 2.28. The molecule has 0 amide bonds. The Bertz CT molecular complexity index is 956. The molecule has 2 aromatic carbocycles. The molecule has 2 rings (SSSR count). The van der Waals surface area contributed by atoms with Crippen LogP contribution >= 0.6 is 0 Å². The zero-order valence-corrected chi connectivity index (χ0v) is 15.7. The third-order valence-electron chi connectivity index (χ3n) is 3.65. The SMILES string of the molecule is COC(=O)[C@H](C)OC(=O)c1cc(S(=O)(=O)Nc2ccc(F)cc2)ccc1C. The Kier molecular flexibility index (Phi) is 6.17. The maximum Gasteiger partial charge on any atom is 0.346 e. The van der Waals surface area contributed by atoms with Gasteiger partial charge >= 0.3 is 11.9 Å². The number of benzene rings is 2. The highest BCUT2D eigenvalue weighted by molar-refractivity contribution is 7.92. The second-order valence-electron chi connectivity index (χ2n) is 5.66. The van der Waals surface area contributed by atoms with E-state index in [1.807, 2.05) is 0 Å². The lowest BCUT2D eigenvalue weighted by Crippen LogP contribution is -2.25. The van der Waals surface area contributed by atoms with Crippen LogP contribution in [0.4, 0.5) is 10.1 Å². The Morgan fingerprint density at radius 1 is 1.11 bits per heavy atom. The summed E-state index contributed by atoms with van der Waals surface area (Å²) >= 11 is 0. The summed E-state index contributed by atoms with van der Waals surface area (Å²) in [7, 11) is -2.86. The summed E-state index contributed by atoms with van der Waals surface area (Å²) in [4.78, 5) is 23.5. The van der Waals surface area contributed by atoms with Crippen molar-refractivity contribution in [1.29, 1.82) is 0 Å². The minimum atomic E-state index is -4.02. The lowest BCUT2D eigenvalue weighted by molar-refractivity contribution is -0.149. The zero-order chi connectivity index (χ0) is 20.2. The smallest absolute Gasteiger partial charge is 0.346 e. The Morgan fingerprint density at radius 3 is 2.33 bits per heavy atom. The molecule has 0 saturated carbocycles. The van der Waals surface area contributed by atoms with Crippen LogP contribution in [0, 0.1) is 12.7 Å². The molecule has 0 spiro atoms. The van der Waals surface area contributed by atoms with Crippen LogP contribution in [0.5, 0.6) is 0 Å². The van der Waals surface area contributed by atoms with Crippen molar-refractivity contribution in [3.05, 3.63) is 59.4 Å². The number of aryl methyl sites for hydroxylation is 1. The standard InChI is InChI=1S/C18H18FNO6S/c1-11-4-9-15(10-16(11)18(22)26-12(2)17(21)25-3)27(23,24)20-14-7-5-13(19)6-8-14/h4-10,12,20H,1-3H3/t12-/m0/s1. The lowest BCUT2D eigenvalue weighted by Gasteiger charge is -2.14. The fraction of sp³-hybridized carbons (Fsp3) is 0.222. The summed E-state index contributed by atoms with van der Waals surface area (Å²) < 4.78 is 49.8. The number of nitrogens with one attached hydrogen (secondary N) is 1. The lowest BCUT2D eigenvalue weighted by atomic mass is 10.1. The van der Waals surface area contributed by atoms with Crippen molar-refractivity contribution in [3.8, 4) is 0 Å². The first-order valence-corrected chi connectivity index (χ1v) is 9.30. The molecule has 0 radical (unpaired) electrons. The number of ether oxygens (including phenoxy) is 2. The van der Waals surface area contributed by atoms with Crippen LogP contribution in [-0.2, 0) is 24.3 Å². The number of sulfonamides is 1. The number of anilines is 1. The molecule has 9 heteroatoms. The quantitative estimate of drug-likeness (QED) is 0.755. The molecule has 0 aromatic heterocycles. The summed E-state index contributed by atoms with van der Waals surface area (Å²) in [5.41, 5.74) is 0.631. The van der Waals surface area contributed by atoms with Crippen LogP contribution in [-0.4, -0.2) is 33.6 Å².